The Hall–Kier alpha value is -3.65. The minimum atomic E-state index is 0.203. The van der Waals surface area contributed by atoms with Gasteiger partial charge >= 0.3 is 0 Å². The van der Waals surface area contributed by atoms with Gasteiger partial charge in [0.15, 0.2) is 11.0 Å². The van der Waals surface area contributed by atoms with E-state index in [-0.39, 0.29) is 10.8 Å². The van der Waals surface area contributed by atoms with Crippen molar-refractivity contribution >= 4 is 11.0 Å². The van der Waals surface area contributed by atoms with Gasteiger partial charge in [-0.05, 0) is 86.7 Å². The molecule has 2 nitrogen and oxygen atoms in total. The Morgan fingerprint density at radius 1 is 0.591 bits per heavy atom. The molecule has 0 amide bonds. The Kier molecular flexibility index (Phi) is 7.43. The molecular weight excluding hydrogens is 532 g/mol. The summed E-state index contributed by atoms with van der Waals surface area (Å²) in [5, 5.41) is 0. The maximum atomic E-state index is 2.56. The zero-order chi connectivity index (χ0) is 31.7. The molecule has 1 aliphatic carbocycles. The number of para-hydroxylation sites is 2. The molecule has 0 atom stereocenters. The van der Waals surface area contributed by atoms with Crippen molar-refractivity contribution in [3.05, 3.63) is 107 Å². The molecule has 0 saturated heterocycles. The Morgan fingerprint density at radius 2 is 1.11 bits per heavy atom. The fourth-order valence-electron chi connectivity index (χ4n) is 8.22. The van der Waals surface area contributed by atoms with Crippen molar-refractivity contribution in [1.29, 1.82) is 0 Å². The van der Waals surface area contributed by atoms with Crippen molar-refractivity contribution in [3.8, 4) is 27.9 Å². The normalized spacial score (nSPS) is 15.6. The third-order valence-electron chi connectivity index (χ3n) is 10.1. The monoisotopic (exact) mass is 583 g/mol. The minimum Gasteiger partial charge on any atom is -0.229 e. The lowest BCUT2D eigenvalue weighted by Gasteiger charge is -2.22. The average Bonchev–Trinajstić information content (AvgIpc) is 3.37. The van der Waals surface area contributed by atoms with Gasteiger partial charge in [-0.25, -0.2) is 4.57 Å². The topological polar surface area (TPSA) is 8.81 Å². The lowest BCUT2D eigenvalue weighted by Crippen LogP contribution is -2.34. The quantitative estimate of drug-likeness (QED) is 0.176. The van der Waals surface area contributed by atoms with Crippen LogP contribution < -0.4 is 4.57 Å². The van der Waals surface area contributed by atoms with E-state index < -0.39 is 0 Å². The Morgan fingerprint density at radius 3 is 1.68 bits per heavy atom. The lowest BCUT2D eigenvalue weighted by molar-refractivity contribution is -0.654. The molecule has 0 fully saturated rings. The first-order valence-corrected chi connectivity index (χ1v) is 16.6. The van der Waals surface area contributed by atoms with Crippen molar-refractivity contribution in [2.24, 2.45) is 7.05 Å². The second-order valence-corrected chi connectivity index (χ2v) is 15.5. The molecule has 5 aromatic rings. The highest BCUT2D eigenvalue weighted by molar-refractivity contribution is 5.79. The van der Waals surface area contributed by atoms with Crippen LogP contribution in [-0.2, 0) is 17.9 Å². The van der Waals surface area contributed by atoms with E-state index in [1.165, 1.54) is 73.5 Å². The third-order valence-corrected chi connectivity index (χ3v) is 10.1. The number of fused-ring (bicyclic) bond motifs is 2. The van der Waals surface area contributed by atoms with E-state index in [2.05, 4.69) is 164 Å². The Labute approximate surface area is 265 Å². The summed E-state index contributed by atoms with van der Waals surface area (Å²) in [4.78, 5) is 0. The first-order valence-electron chi connectivity index (χ1n) is 16.6. The van der Waals surface area contributed by atoms with E-state index >= 15 is 0 Å². The predicted octanol–water partition coefficient (Wildman–Crippen LogP) is 11.1. The van der Waals surface area contributed by atoms with Crippen molar-refractivity contribution in [3.63, 3.8) is 0 Å². The first kappa shape index (κ1) is 30.4. The second-order valence-electron chi connectivity index (χ2n) is 15.5. The highest BCUT2D eigenvalue weighted by Crippen LogP contribution is 2.50. The van der Waals surface area contributed by atoms with Crippen LogP contribution in [0.5, 0.6) is 0 Å². The molecule has 6 rings (SSSR count). The van der Waals surface area contributed by atoms with Crippen LogP contribution in [0.15, 0.2) is 78.9 Å². The van der Waals surface area contributed by atoms with Crippen LogP contribution in [-0.4, -0.2) is 4.57 Å². The van der Waals surface area contributed by atoms with Crippen molar-refractivity contribution < 1.29 is 4.57 Å². The zero-order valence-corrected chi connectivity index (χ0v) is 28.8. The van der Waals surface area contributed by atoms with Crippen molar-refractivity contribution in [2.45, 2.75) is 104 Å². The maximum Gasteiger partial charge on any atom is 0.265 e. The molecule has 0 aliphatic heterocycles. The summed E-state index contributed by atoms with van der Waals surface area (Å²) in [6, 6.07) is 30.2. The fourth-order valence-corrected chi connectivity index (χ4v) is 8.22. The van der Waals surface area contributed by atoms with Crippen LogP contribution in [0.25, 0.3) is 39.0 Å². The van der Waals surface area contributed by atoms with E-state index in [0.717, 1.165) is 0 Å². The van der Waals surface area contributed by atoms with E-state index in [1.54, 1.807) is 0 Å². The summed E-state index contributed by atoms with van der Waals surface area (Å²) >= 11 is 0. The number of rotatable bonds is 6. The summed E-state index contributed by atoms with van der Waals surface area (Å²) in [6.07, 6.45) is 1.19. The molecule has 0 bridgehead atoms. The number of nitrogens with zero attached hydrogens (tertiary/aromatic N) is 2. The summed E-state index contributed by atoms with van der Waals surface area (Å²) < 4.78 is 4.95. The van der Waals surface area contributed by atoms with Gasteiger partial charge in [-0.3, -0.25) is 0 Å². The Balaban J connectivity index is 1.48. The standard InChI is InChI=1S/C42H51N2/c1-26(2)33-22-32(23-34(27(3)4)39(33)44-38-15-13-12-14-37(38)43(11)40(44)28(5)6)30-18-16-29(17-19-30)31-20-21-35-36(24-31)42(9,10)25-41(35,7)8/h12-24,26-28H,25H2,1-11H3/q+1. The molecule has 0 saturated carbocycles. The van der Waals surface area contributed by atoms with Gasteiger partial charge in [0.25, 0.3) is 5.82 Å². The average molecular weight is 584 g/mol. The van der Waals surface area contributed by atoms with Crippen molar-refractivity contribution in [1.82, 2.24) is 4.57 Å². The molecule has 0 N–H and O–H groups in total. The number of benzene rings is 4. The molecule has 1 aliphatic rings. The molecule has 0 spiro atoms. The van der Waals surface area contributed by atoms with Gasteiger partial charge in [0.2, 0.25) is 0 Å². The minimum absolute atomic E-state index is 0.203. The molecular formula is C42H51N2+. The summed E-state index contributed by atoms with van der Waals surface area (Å²) in [5.41, 5.74) is 15.4. The molecule has 44 heavy (non-hydrogen) atoms. The van der Waals surface area contributed by atoms with Gasteiger partial charge in [0.1, 0.15) is 5.69 Å². The number of hydrogen-bond donors (Lipinski definition) is 0. The van der Waals surface area contributed by atoms with Gasteiger partial charge in [-0.1, -0.05) is 124 Å². The molecule has 4 aromatic carbocycles. The highest BCUT2D eigenvalue weighted by Gasteiger charge is 2.41. The van der Waals surface area contributed by atoms with Crippen LogP contribution in [0, 0.1) is 0 Å². The molecule has 1 aromatic heterocycles. The second kappa shape index (κ2) is 10.8. The molecule has 0 unspecified atom stereocenters. The number of hydrogen-bond acceptors (Lipinski definition) is 0. The van der Waals surface area contributed by atoms with Gasteiger partial charge in [-0.2, -0.15) is 4.57 Å². The summed E-state index contributed by atoms with van der Waals surface area (Å²) in [7, 11) is 2.22. The van der Waals surface area contributed by atoms with Crippen LogP contribution in [0.4, 0.5) is 0 Å². The van der Waals surface area contributed by atoms with Gasteiger partial charge in [-0.15, -0.1) is 0 Å². The maximum absolute atomic E-state index is 2.56. The SMILES string of the molecule is CC(C)c1cc(-c2ccc(-c3ccc4c(c3)C(C)(C)CC4(C)C)cc2)cc(C(C)C)c1-n1c(C(C)C)[n+](C)c2ccccc21. The lowest BCUT2D eigenvalue weighted by atomic mass is 9.82. The van der Waals surface area contributed by atoms with E-state index in [0.29, 0.717) is 17.8 Å². The highest BCUT2D eigenvalue weighted by atomic mass is 15.2. The summed E-state index contributed by atoms with van der Waals surface area (Å²) in [5.74, 6) is 2.49. The van der Waals surface area contributed by atoms with Gasteiger partial charge in [0.05, 0.1) is 13.0 Å². The van der Waals surface area contributed by atoms with E-state index in [9.17, 15) is 0 Å². The predicted molar refractivity (Wildman–Crippen MR) is 188 cm³/mol. The van der Waals surface area contributed by atoms with E-state index in [1.807, 2.05) is 0 Å². The molecule has 228 valence electrons. The number of imidazole rings is 1. The van der Waals surface area contributed by atoms with Gasteiger partial charge < -0.3 is 0 Å². The largest absolute Gasteiger partial charge is 0.265 e. The fraction of sp³-hybridized carbons (Fsp3) is 0.405. The third kappa shape index (κ3) is 4.91. The zero-order valence-electron chi connectivity index (χ0n) is 28.8. The van der Waals surface area contributed by atoms with E-state index in [4.69, 9.17) is 0 Å². The van der Waals surface area contributed by atoms with Crippen LogP contribution in [0.3, 0.4) is 0 Å². The Bertz CT molecular complexity index is 1830. The number of aromatic nitrogens is 2. The van der Waals surface area contributed by atoms with Gasteiger partial charge in [0, 0.05) is 11.1 Å². The molecule has 2 heteroatoms. The molecule has 1 heterocycles. The number of aryl methyl sites for hydroxylation is 1. The first-order chi connectivity index (χ1) is 20.7. The smallest absolute Gasteiger partial charge is 0.229 e. The molecule has 0 radical (unpaired) electrons. The van der Waals surface area contributed by atoms with Crippen LogP contribution in [0.1, 0.15) is 121 Å². The van der Waals surface area contributed by atoms with Crippen LogP contribution >= 0.6 is 0 Å². The van der Waals surface area contributed by atoms with Crippen molar-refractivity contribution in [2.75, 3.05) is 0 Å². The summed E-state index contributed by atoms with van der Waals surface area (Å²) in [6.45, 7) is 23.6. The van der Waals surface area contributed by atoms with Crippen LogP contribution in [0.2, 0.25) is 0 Å².